The van der Waals surface area contributed by atoms with Gasteiger partial charge in [-0.3, -0.25) is 4.79 Å². The minimum Gasteiger partial charge on any atom is -0.322 e. The van der Waals surface area contributed by atoms with Gasteiger partial charge in [-0.25, -0.2) is 0 Å². The van der Waals surface area contributed by atoms with E-state index in [1.165, 1.54) is 0 Å². The van der Waals surface area contributed by atoms with Gasteiger partial charge in [-0.15, -0.1) is 0 Å². The van der Waals surface area contributed by atoms with Crippen LogP contribution in [0, 0.1) is 0 Å². The minimum atomic E-state index is -0.0661. The van der Waals surface area contributed by atoms with Crippen molar-refractivity contribution < 1.29 is 4.79 Å². The molecular weight excluding hydrogens is 186 g/mol. The lowest BCUT2D eigenvalue weighted by molar-refractivity contribution is -0.112. The van der Waals surface area contributed by atoms with E-state index in [1.807, 2.05) is 37.3 Å². The third-order valence-corrected chi connectivity index (χ3v) is 2.02. The second-order valence-corrected chi connectivity index (χ2v) is 3.10. The van der Waals surface area contributed by atoms with Crippen molar-refractivity contribution in [3.05, 3.63) is 54.6 Å². The predicted octanol–water partition coefficient (Wildman–Crippen LogP) is 3.15. The Bertz CT molecular complexity index is 365. The summed E-state index contributed by atoms with van der Waals surface area (Å²) in [5, 5.41) is 2.82. The zero-order valence-corrected chi connectivity index (χ0v) is 8.86. The Morgan fingerprint density at radius 1 is 1.40 bits per heavy atom. The van der Waals surface area contributed by atoms with Gasteiger partial charge in [0.25, 0.3) is 5.91 Å². The molecule has 0 spiro atoms. The third-order valence-electron chi connectivity index (χ3n) is 2.02. The quantitative estimate of drug-likeness (QED) is 0.588. The Labute approximate surface area is 90.3 Å². The maximum Gasteiger partial charge on any atom is 0.251 e. The maximum absolute atomic E-state index is 11.7. The number of nitrogens with one attached hydrogen (secondary N) is 1. The smallest absolute Gasteiger partial charge is 0.251 e. The van der Waals surface area contributed by atoms with Gasteiger partial charge >= 0.3 is 0 Å². The van der Waals surface area contributed by atoms with Crippen molar-refractivity contribution in [3.8, 4) is 0 Å². The third kappa shape index (κ3) is 3.43. The summed E-state index contributed by atoms with van der Waals surface area (Å²) in [7, 11) is 0. The molecule has 1 N–H and O–H groups in total. The molecule has 0 heterocycles. The van der Waals surface area contributed by atoms with Gasteiger partial charge in [0.05, 0.1) is 0 Å². The van der Waals surface area contributed by atoms with E-state index in [9.17, 15) is 4.79 Å². The van der Waals surface area contributed by atoms with Gasteiger partial charge in [0.15, 0.2) is 0 Å². The molecule has 0 unspecified atom stereocenters. The van der Waals surface area contributed by atoms with Gasteiger partial charge in [0.2, 0.25) is 0 Å². The summed E-state index contributed by atoms with van der Waals surface area (Å²) in [6.07, 6.45) is 4.06. The fraction of sp³-hybridized carbons (Fsp3) is 0.154. The standard InChI is InChI=1S/C13H15NO/c1-3-8-11(4-2)13(15)14-12-9-6-5-7-10-12/h3,5-10H,1,4H2,2H3,(H,14,15)/b11-8+. The number of benzene rings is 1. The van der Waals surface area contributed by atoms with Crippen LogP contribution in [-0.2, 0) is 4.79 Å². The van der Waals surface area contributed by atoms with Crippen molar-refractivity contribution in [3.63, 3.8) is 0 Å². The highest BCUT2D eigenvalue weighted by Gasteiger charge is 2.05. The molecule has 0 saturated carbocycles. The van der Waals surface area contributed by atoms with Crippen molar-refractivity contribution in [1.82, 2.24) is 0 Å². The van der Waals surface area contributed by atoms with E-state index in [1.54, 1.807) is 12.2 Å². The lowest BCUT2D eigenvalue weighted by Gasteiger charge is -2.06. The molecule has 0 radical (unpaired) electrons. The lowest BCUT2D eigenvalue weighted by Crippen LogP contribution is -2.13. The molecule has 0 aliphatic carbocycles. The maximum atomic E-state index is 11.7. The van der Waals surface area contributed by atoms with E-state index in [0.29, 0.717) is 6.42 Å². The molecule has 0 fully saturated rings. The number of anilines is 1. The first kappa shape index (κ1) is 11.2. The van der Waals surface area contributed by atoms with Crippen LogP contribution >= 0.6 is 0 Å². The van der Waals surface area contributed by atoms with E-state index in [4.69, 9.17) is 0 Å². The first-order chi connectivity index (χ1) is 7.27. The molecule has 15 heavy (non-hydrogen) atoms. The van der Waals surface area contributed by atoms with Gasteiger partial charge in [-0.2, -0.15) is 0 Å². The number of allylic oxidation sites excluding steroid dienone is 2. The zero-order valence-electron chi connectivity index (χ0n) is 8.86. The number of carbonyl (C=O) groups excluding carboxylic acids is 1. The van der Waals surface area contributed by atoms with E-state index in [-0.39, 0.29) is 5.91 Å². The summed E-state index contributed by atoms with van der Waals surface area (Å²) in [6.45, 7) is 5.53. The molecule has 1 aromatic rings. The van der Waals surface area contributed by atoms with Crippen LogP contribution in [0.3, 0.4) is 0 Å². The highest BCUT2D eigenvalue weighted by molar-refractivity contribution is 6.03. The van der Waals surface area contributed by atoms with Crippen LogP contribution in [0.15, 0.2) is 54.6 Å². The van der Waals surface area contributed by atoms with Gasteiger partial charge < -0.3 is 5.32 Å². The summed E-state index contributed by atoms with van der Waals surface area (Å²) < 4.78 is 0. The number of rotatable bonds is 4. The van der Waals surface area contributed by atoms with Crippen LogP contribution in [0.4, 0.5) is 5.69 Å². The van der Waals surface area contributed by atoms with Crippen LogP contribution < -0.4 is 5.32 Å². The molecule has 2 nitrogen and oxygen atoms in total. The molecule has 1 aromatic carbocycles. The second kappa shape index (κ2) is 5.81. The second-order valence-electron chi connectivity index (χ2n) is 3.10. The van der Waals surface area contributed by atoms with Crippen LogP contribution in [0.2, 0.25) is 0 Å². The zero-order chi connectivity index (χ0) is 11.1. The summed E-state index contributed by atoms with van der Waals surface area (Å²) in [6, 6.07) is 9.41. The Kier molecular flexibility index (Phi) is 4.35. The molecule has 1 rings (SSSR count). The van der Waals surface area contributed by atoms with Crippen molar-refractivity contribution in [2.45, 2.75) is 13.3 Å². The molecular formula is C13H15NO. The average Bonchev–Trinajstić information content (AvgIpc) is 2.27. The van der Waals surface area contributed by atoms with Crippen LogP contribution in [0.25, 0.3) is 0 Å². The normalized spacial score (nSPS) is 10.9. The lowest BCUT2D eigenvalue weighted by atomic mass is 10.1. The Hall–Kier alpha value is -1.83. The van der Waals surface area contributed by atoms with Crippen molar-refractivity contribution in [2.24, 2.45) is 0 Å². The topological polar surface area (TPSA) is 29.1 Å². The van der Waals surface area contributed by atoms with E-state index in [0.717, 1.165) is 11.3 Å². The first-order valence-electron chi connectivity index (χ1n) is 4.96. The SMILES string of the molecule is C=C/C=C(\CC)C(=O)Nc1ccccc1. The molecule has 2 heteroatoms. The summed E-state index contributed by atoms with van der Waals surface area (Å²) in [5.74, 6) is -0.0661. The van der Waals surface area contributed by atoms with E-state index in [2.05, 4.69) is 11.9 Å². The van der Waals surface area contributed by atoms with E-state index >= 15 is 0 Å². The molecule has 0 aliphatic rings. The summed E-state index contributed by atoms with van der Waals surface area (Å²) in [5.41, 5.74) is 1.54. The fourth-order valence-corrected chi connectivity index (χ4v) is 1.23. The first-order valence-corrected chi connectivity index (χ1v) is 4.96. The predicted molar refractivity (Wildman–Crippen MR) is 63.6 cm³/mol. The highest BCUT2D eigenvalue weighted by Crippen LogP contribution is 2.09. The number of para-hydroxylation sites is 1. The van der Waals surface area contributed by atoms with Crippen LogP contribution in [0.5, 0.6) is 0 Å². The number of carbonyl (C=O) groups is 1. The van der Waals surface area contributed by atoms with Crippen molar-refractivity contribution >= 4 is 11.6 Å². The Morgan fingerprint density at radius 3 is 2.60 bits per heavy atom. The monoisotopic (exact) mass is 201 g/mol. The molecule has 0 aromatic heterocycles. The van der Waals surface area contributed by atoms with Gasteiger partial charge in [0.1, 0.15) is 0 Å². The van der Waals surface area contributed by atoms with Gasteiger partial charge in [-0.05, 0) is 18.6 Å². The molecule has 0 aliphatic heterocycles. The summed E-state index contributed by atoms with van der Waals surface area (Å²) >= 11 is 0. The minimum absolute atomic E-state index is 0.0661. The van der Waals surface area contributed by atoms with Crippen LogP contribution in [-0.4, -0.2) is 5.91 Å². The Morgan fingerprint density at radius 2 is 2.07 bits per heavy atom. The van der Waals surface area contributed by atoms with Crippen LogP contribution in [0.1, 0.15) is 13.3 Å². The highest BCUT2D eigenvalue weighted by atomic mass is 16.1. The van der Waals surface area contributed by atoms with E-state index < -0.39 is 0 Å². The van der Waals surface area contributed by atoms with Gasteiger partial charge in [-0.1, -0.05) is 43.9 Å². The van der Waals surface area contributed by atoms with Crippen molar-refractivity contribution in [2.75, 3.05) is 5.32 Å². The molecule has 0 atom stereocenters. The van der Waals surface area contributed by atoms with Crippen molar-refractivity contribution in [1.29, 1.82) is 0 Å². The number of hydrogen-bond donors (Lipinski definition) is 1. The van der Waals surface area contributed by atoms with Gasteiger partial charge in [0, 0.05) is 11.3 Å². The molecule has 78 valence electrons. The number of hydrogen-bond acceptors (Lipinski definition) is 1. The fourth-order valence-electron chi connectivity index (χ4n) is 1.23. The molecule has 1 amide bonds. The Balaban J connectivity index is 2.71. The molecule has 0 bridgehead atoms. The largest absolute Gasteiger partial charge is 0.322 e. The average molecular weight is 201 g/mol. The summed E-state index contributed by atoms with van der Waals surface area (Å²) in [4.78, 5) is 11.7. The number of amides is 1. The molecule has 0 saturated heterocycles.